The van der Waals surface area contributed by atoms with Crippen molar-refractivity contribution in [2.75, 3.05) is 0 Å². The molecule has 1 saturated heterocycles. The van der Waals surface area contributed by atoms with Crippen molar-refractivity contribution >= 4 is 40.7 Å². The Morgan fingerprint density at radius 2 is 0.800 bits per heavy atom. The highest BCUT2D eigenvalue weighted by molar-refractivity contribution is 7.75. The van der Waals surface area contributed by atoms with Crippen LogP contribution in [0.1, 0.15) is 0 Å². The van der Waals surface area contributed by atoms with Crippen LogP contribution < -0.4 is 0 Å². The minimum Gasteiger partial charge on any atom is -0.324 e. The van der Waals surface area contributed by atoms with Gasteiger partial charge in [-0.25, -0.2) is 0 Å². The molecule has 0 aromatic rings. The lowest BCUT2D eigenvalue weighted by Gasteiger charge is -2.45. The zero-order valence-electron chi connectivity index (χ0n) is 16.0. The molecule has 3 atom stereocenters. The summed E-state index contributed by atoms with van der Waals surface area (Å²) in [6, 6.07) is 0. The highest BCUT2D eigenvalue weighted by atomic mass is 31.1. The summed E-state index contributed by atoms with van der Waals surface area (Å²) < 4.78 is 3.20. The predicted octanol–water partition coefficient (Wildman–Crippen LogP) is 5.86. The largest absolute Gasteiger partial charge is 0.324 e. The molecule has 0 radical (unpaired) electrons. The van der Waals surface area contributed by atoms with Gasteiger partial charge in [-0.3, -0.25) is 0 Å². The van der Waals surface area contributed by atoms with E-state index >= 15 is 0 Å². The molecule has 0 saturated carbocycles. The molecule has 20 heavy (non-hydrogen) atoms. The van der Waals surface area contributed by atoms with E-state index in [-0.39, 0.29) is 8.07 Å². The molecule has 0 aromatic heterocycles. The molecule has 1 aliphatic heterocycles. The molecule has 0 N–H and O–H groups in total. The monoisotopic (exact) mass is 363 g/mol. The molecule has 1 heterocycles. The Labute approximate surface area is 133 Å². The van der Waals surface area contributed by atoms with Gasteiger partial charge in [0.15, 0.2) is 0 Å². The Balaban J connectivity index is 3.21. The van der Waals surface area contributed by atoms with Crippen molar-refractivity contribution in [1.82, 2.24) is 4.00 Å². The van der Waals surface area contributed by atoms with Gasteiger partial charge >= 0.3 is 0 Å². The van der Waals surface area contributed by atoms with Crippen molar-refractivity contribution in [3.63, 3.8) is 0 Å². The van der Waals surface area contributed by atoms with Gasteiger partial charge in [0.25, 0.3) is 0 Å². The second kappa shape index (κ2) is 5.41. The molecule has 0 spiro atoms. The Bertz CT molecular complexity index is 325. The molecule has 1 unspecified atom stereocenters. The van der Waals surface area contributed by atoms with Crippen LogP contribution in [-0.4, -0.2) is 47.2 Å². The molecule has 1 aliphatic rings. The summed E-state index contributed by atoms with van der Waals surface area (Å²) in [4.78, 5) is 0. The molecular formula is C14H38NPSi4. The normalized spacial score (nSPS) is 28.9. The van der Waals surface area contributed by atoms with Gasteiger partial charge in [0.05, 0.1) is 16.1 Å². The van der Waals surface area contributed by atoms with E-state index in [2.05, 4.69) is 82.6 Å². The standard InChI is InChI=1S/C14H38NPSi4/c1-17(2,3)13-14(18(4,5)6)16(13)15(19(7,8)9)20(10,11)12/h13-14H,1-12H3/t13-,14+,16?. The first-order chi connectivity index (χ1) is 8.49. The fraction of sp³-hybridized carbons (Fsp3) is 1.00. The smallest absolute Gasteiger partial charge is 0.116 e. The van der Waals surface area contributed by atoms with Crippen LogP contribution in [0.2, 0.25) is 78.6 Å². The minimum atomic E-state index is -1.20. The van der Waals surface area contributed by atoms with E-state index in [0.29, 0.717) is 0 Å². The van der Waals surface area contributed by atoms with Crippen LogP contribution in [-0.2, 0) is 0 Å². The quantitative estimate of drug-likeness (QED) is 0.436. The maximum absolute atomic E-state index is 3.20. The van der Waals surface area contributed by atoms with E-state index in [9.17, 15) is 0 Å². The lowest BCUT2D eigenvalue weighted by molar-refractivity contribution is 0.983. The van der Waals surface area contributed by atoms with E-state index in [1.807, 2.05) is 0 Å². The van der Waals surface area contributed by atoms with Gasteiger partial charge in [0.1, 0.15) is 16.5 Å². The first-order valence-electron chi connectivity index (χ1n) is 8.07. The molecule has 0 aromatic carbocycles. The first-order valence-corrected chi connectivity index (χ1v) is 23.6. The third-order valence-corrected chi connectivity index (χ3v) is 28.8. The van der Waals surface area contributed by atoms with E-state index in [1.165, 1.54) is 0 Å². The summed E-state index contributed by atoms with van der Waals surface area (Å²) in [7, 11) is -4.23. The number of nitrogens with zero attached hydrogens (tertiary/aromatic N) is 1. The number of rotatable bonds is 5. The van der Waals surface area contributed by atoms with Gasteiger partial charge in [-0.1, -0.05) is 78.6 Å². The molecule has 120 valence electrons. The van der Waals surface area contributed by atoms with Crippen LogP contribution in [0.3, 0.4) is 0 Å². The van der Waals surface area contributed by atoms with Crippen molar-refractivity contribution in [1.29, 1.82) is 0 Å². The summed E-state index contributed by atoms with van der Waals surface area (Å²) in [6.45, 7) is 31.3. The van der Waals surface area contributed by atoms with Crippen LogP contribution in [0.5, 0.6) is 0 Å². The summed E-state index contributed by atoms with van der Waals surface area (Å²) in [6.07, 6.45) is 0. The third kappa shape index (κ3) is 4.17. The second-order valence-corrected chi connectivity index (χ2v) is 35.4. The molecule has 1 nitrogen and oxygen atoms in total. The first kappa shape index (κ1) is 19.3. The topological polar surface area (TPSA) is 3.24 Å². The Morgan fingerprint density at radius 3 is 0.950 bits per heavy atom. The zero-order valence-corrected chi connectivity index (χ0v) is 20.9. The number of hydrogen-bond acceptors (Lipinski definition) is 1. The fourth-order valence-electron chi connectivity index (χ4n) is 3.91. The zero-order chi connectivity index (χ0) is 16.3. The van der Waals surface area contributed by atoms with Crippen LogP contribution in [0, 0.1) is 0 Å². The van der Waals surface area contributed by atoms with Crippen LogP contribution >= 0.6 is 8.07 Å². The van der Waals surface area contributed by atoms with Gasteiger partial charge in [-0.2, -0.15) is 0 Å². The Hall–Kier alpha value is 1.26. The van der Waals surface area contributed by atoms with Gasteiger partial charge < -0.3 is 4.00 Å². The van der Waals surface area contributed by atoms with Crippen LogP contribution in [0.15, 0.2) is 0 Å². The summed E-state index contributed by atoms with van der Waals surface area (Å²) in [5.74, 6) is 0. The van der Waals surface area contributed by atoms with Crippen molar-refractivity contribution in [3.8, 4) is 0 Å². The van der Waals surface area contributed by atoms with Crippen LogP contribution in [0.4, 0.5) is 0 Å². The lowest BCUT2D eigenvalue weighted by atomic mass is 10.9. The van der Waals surface area contributed by atoms with Gasteiger partial charge in [-0.15, -0.1) is 0 Å². The molecule has 1 rings (SSSR count). The van der Waals surface area contributed by atoms with E-state index in [0.717, 1.165) is 10.6 Å². The molecule has 0 aliphatic carbocycles. The van der Waals surface area contributed by atoms with E-state index in [1.54, 1.807) is 0 Å². The summed E-state index contributed by atoms with van der Waals surface area (Å²) in [5, 5.41) is 2.25. The second-order valence-electron chi connectivity index (χ2n) is 10.7. The van der Waals surface area contributed by atoms with Crippen molar-refractivity contribution in [2.45, 2.75) is 89.1 Å². The predicted molar refractivity (Wildman–Crippen MR) is 110 cm³/mol. The molecule has 6 heteroatoms. The summed E-state index contributed by atoms with van der Waals surface area (Å²) >= 11 is 0. The highest BCUT2D eigenvalue weighted by Crippen LogP contribution is 2.75. The maximum Gasteiger partial charge on any atom is 0.116 e. The van der Waals surface area contributed by atoms with E-state index < -0.39 is 32.6 Å². The van der Waals surface area contributed by atoms with Crippen molar-refractivity contribution in [3.05, 3.63) is 0 Å². The average Bonchev–Trinajstić information content (AvgIpc) is 2.69. The highest BCUT2D eigenvalue weighted by Gasteiger charge is 2.65. The Morgan fingerprint density at radius 1 is 0.550 bits per heavy atom. The van der Waals surface area contributed by atoms with E-state index in [4.69, 9.17) is 0 Å². The molecule has 1 fully saturated rings. The lowest BCUT2D eigenvalue weighted by Crippen LogP contribution is -2.55. The SMILES string of the molecule is C[Si](C)(C)[C@@H]1[C@H]([Si](C)(C)C)P1N([Si](C)(C)C)[Si](C)(C)C. The molecule has 0 bridgehead atoms. The third-order valence-electron chi connectivity index (χ3n) is 4.06. The molecular weight excluding hydrogens is 325 g/mol. The fourth-order valence-corrected chi connectivity index (χ4v) is 37.9. The van der Waals surface area contributed by atoms with Gasteiger partial charge in [0.2, 0.25) is 0 Å². The average molecular weight is 364 g/mol. The van der Waals surface area contributed by atoms with Gasteiger partial charge in [0, 0.05) is 0 Å². The number of hydrogen-bond donors (Lipinski definition) is 0. The minimum absolute atomic E-state index is 0.187. The van der Waals surface area contributed by atoms with Crippen LogP contribution in [0.25, 0.3) is 0 Å². The maximum atomic E-state index is 3.20. The Kier molecular flexibility index (Phi) is 5.22. The van der Waals surface area contributed by atoms with Crippen molar-refractivity contribution in [2.24, 2.45) is 0 Å². The van der Waals surface area contributed by atoms with Crippen molar-refractivity contribution < 1.29 is 0 Å². The summed E-state index contributed by atoms with van der Waals surface area (Å²) in [5.41, 5.74) is 0. The molecule has 0 amide bonds. The van der Waals surface area contributed by atoms with Gasteiger partial charge in [-0.05, 0) is 18.6 Å².